The number of benzene rings is 1. The van der Waals surface area contributed by atoms with Gasteiger partial charge in [-0.15, -0.1) is 0 Å². The van der Waals surface area contributed by atoms with Crippen molar-refractivity contribution >= 4 is 21.6 Å². The fourth-order valence-corrected chi connectivity index (χ4v) is 4.87. The van der Waals surface area contributed by atoms with Crippen LogP contribution in [-0.2, 0) is 14.8 Å². The molecule has 0 radical (unpaired) electrons. The Balaban J connectivity index is 1.72. The summed E-state index contributed by atoms with van der Waals surface area (Å²) >= 11 is 0. The first-order valence-electron chi connectivity index (χ1n) is 8.69. The van der Waals surface area contributed by atoms with Crippen molar-refractivity contribution < 1.29 is 13.2 Å². The SMILES string of the molecule is O=C(Nc1cccc(S(=O)(=O)N2CCCCC2)c1)C1CCCNC1. The lowest BCUT2D eigenvalue weighted by atomic mass is 9.99. The van der Waals surface area contributed by atoms with Gasteiger partial charge in [-0.3, -0.25) is 4.79 Å². The number of amides is 1. The predicted molar refractivity (Wildman–Crippen MR) is 93.3 cm³/mol. The van der Waals surface area contributed by atoms with Crippen molar-refractivity contribution in [2.45, 2.75) is 37.0 Å². The van der Waals surface area contributed by atoms with Crippen LogP contribution >= 0.6 is 0 Å². The second-order valence-corrected chi connectivity index (χ2v) is 8.46. The Morgan fingerprint density at radius 2 is 1.96 bits per heavy atom. The Hall–Kier alpha value is -1.44. The average Bonchev–Trinajstić information content (AvgIpc) is 2.63. The van der Waals surface area contributed by atoms with E-state index < -0.39 is 10.0 Å². The van der Waals surface area contributed by atoms with Crippen molar-refractivity contribution in [3.63, 3.8) is 0 Å². The minimum absolute atomic E-state index is 0.0466. The number of anilines is 1. The summed E-state index contributed by atoms with van der Waals surface area (Å²) in [6.45, 7) is 2.78. The summed E-state index contributed by atoms with van der Waals surface area (Å²) < 4.78 is 27.0. The van der Waals surface area contributed by atoms with Gasteiger partial charge in [0.1, 0.15) is 0 Å². The second-order valence-electron chi connectivity index (χ2n) is 6.53. The maximum Gasteiger partial charge on any atom is 0.243 e. The molecule has 0 aliphatic carbocycles. The van der Waals surface area contributed by atoms with Gasteiger partial charge in [-0.25, -0.2) is 8.42 Å². The van der Waals surface area contributed by atoms with Crippen LogP contribution in [0, 0.1) is 5.92 Å². The summed E-state index contributed by atoms with van der Waals surface area (Å²) in [6, 6.07) is 6.59. The molecule has 2 fully saturated rings. The highest BCUT2D eigenvalue weighted by Gasteiger charge is 2.26. The van der Waals surface area contributed by atoms with Gasteiger partial charge in [0.25, 0.3) is 0 Å². The topological polar surface area (TPSA) is 78.5 Å². The molecular formula is C17H25N3O3S. The first-order valence-corrected chi connectivity index (χ1v) is 10.1. The molecule has 24 heavy (non-hydrogen) atoms. The van der Waals surface area contributed by atoms with Gasteiger partial charge >= 0.3 is 0 Å². The third kappa shape index (κ3) is 3.96. The Kier molecular flexibility index (Phi) is 5.53. The first-order chi connectivity index (χ1) is 11.6. The normalized spacial score (nSPS) is 22.9. The van der Waals surface area contributed by atoms with Gasteiger partial charge in [0.2, 0.25) is 15.9 Å². The summed E-state index contributed by atoms with van der Waals surface area (Å²) in [7, 11) is -3.48. The quantitative estimate of drug-likeness (QED) is 0.867. The van der Waals surface area contributed by atoms with Gasteiger partial charge < -0.3 is 10.6 Å². The number of hydrogen-bond donors (Lipinski definition) is 2. The fourth-order valence-electron chi connectivity index (χ4n) is 3.31. The van der Waals surface area contributed by atoms with E-state index in [0.29, 0.717) is 25.3 Å². The van der Waals surface area contributed by atoms with Crippen LogP contribution in [0.1, 0.15) is 32.1 Å². The molecule has 2 N–H and O–H groups in total. The van der Waals surface area contributed by atoms with Crippen molar-refractivity contribution in [1.82, 2.24) is 9.62 Å². The molecule has 0 spiro atoms. The van der Waals surface area contributed by atoms with Crippen molar-refractivity contribution in [2.75, 3.05) is 31.5 Å². The van der Waals surface area contributed by atoms with Crippen LogP contribution in [0.3, 0.4) is 0 Å². The van der Waals surface area contributed by atoms with Crippen molar-refractivity contribution in [3.8, 4) is 0 Å². The van der Waals surface area contributed by atoms with E-state index in [9.17, 15) is 13.2 Å². The molecule has 2 aliphatic heterocycles. The van der Waals surface area contributed by atoms with Crippen molar-refractivity contribution in [1.29, 1.82) is 0 Å². The van der Waals surface area contributed by atoms with Gasteiger partial charge in [-0.05, 0) is 50.4 Å². The molecule has 0 aromatic heterocycles. The third-order valence-corrected chi connectivity index (χ3v) is 6.62. The zero-order valence-corrected chi connectivity index (χ0v) is 14.6. The number of rotatable bonds is 4. The summed E-state index contributed by atoms with van der Waals surface area (Å²) in [5.74, 6) is -0.101. The molecule has 1 atom stereocenters. The average molecular weight is 351 g/mol. The number of piperidine rings is 2. The third-order valence-electron chi connectivity index (χ3n) is 4.72. The highest BCUT2D eigenvalue weighted by molar-refractivity contribution is 7.89. The van der Waals surface area contributed by atoms with Crippen LogP contribution in [0.2, 0.25) is 0 Å². The first kappa shape index (κ1) is 17.4. The highest BCUT2D eigenvalue weighted by atomic mass is 32.2. The van der Waals surface area contributed by atoms with Crippen LogP contribution in [0.4, 0.5) is 5.69 Å². The van der Waals surface area contributed by atoms with Crippen LogP contribution in [-0.4, -0.2) is 44.8 Å². The van der Waals surface area contributed by atoms with E-state index in [1.807, 2.05) is 0 Å². The lowest BCUT2D eigenvalue weighted by molar-refractivity contribution is -0.120. The number of carbonyl (C=O) groups is 1. The van der Waals surface area contributed by atoms with Crippen LogP contribution in [0.5, 0.6) is 0 Å². The molecule has 7 heteroatoms. The lowest BCUT2D eigenvalue weighted by Gasteiger charge is -2.26. The van der Waals surface area contributed by atoms with E-state index in [1.165, 1.54) is 0 Å². The van der Waals surface area contributed by atoms with E-state index in [1.54, 1.807) is 28.6 Å². The standard InChI is InChI=1S/C17H25N3O3S/c21-17(14-6-5-9-18-13-14)19-15-7-4-8-16(12-15)24(22,23)20-10-2-1-3-11-20/h4,7-8,12,14,18H,1-3,5-6,9-11,13H2,(H,19,21). The van der Waals surface area contributed by atoms with Crippen LogP contribution in [0.15, 0.2) is 29.2 Å². The molecule has 2 aliphatic rings. The largest absolute Gasteiger partial charge is 0.326 e. The Morgan fingerprint density at radius 1 is 1.17 bits per heavy atom. The number of nitrogens with zero attached hydrogens (tertiary/aromatic N) is 1. The maximum absolute atomic E-state index is 12.7. The molecule has 1 aromatic rings. The Labute approximate surface area is 143 Å². The van der Waals surface area contributed by atoms with E-state index >= 15 is 0 Å². The lowest BCUT2D eigenvalue weighted by Crippen LogP contribution is -2.37. The predicted octanol–water partition coefficient (Wildman–Crippen LogP) is 1.80. The van der Waals surface area contributed by atoms with Gasteiger partial charge in [0, 0.05) is 25.3 Å². The molecule has 3 rings (SSSR count). The number of nitrogens with one attached hydrogen (secondary N) is 2. The summed E-state index contributed by atoms with van der Waals surface area (Å²) in [4.78, 5) is 12.6. The molecule has 132 valence electrons. The summed E-state index contributed by atoms with van der Waals surface area (Å²) in [6.07, 6.45) is 4.75. The van der Waals surface area contributed by atoms with Crippen molar-refractivity contribution in [3.05, 3.63) is 24.3 Å². The van der Waals surface area contributed by atoms with Crippen molar-refractivity contribution in [2.24, 2.45) is 5.92 Å². The van der Waals surface area contributed by atoms with E-state index in [-0.39, 0.29) is 16.7 Å². The molecule has 1 unspecified atom stereocenters. The van der Waals surface area contributed by atoms with Gasteiger partial charge in [-0.2, -0.15) is 4.31 Å². The summed E-state index contributed by atoms with van der Waals surface area (Å²) in [5, 5.41) is 6.08. The molecular weight excluding hydrogens is 326 g/mol. The molecule has 1 amide bonds. The molecule has 2 heterocycles. The number of sulfonamides is 1. The second kappa shape index (κ2) is 7.63. The Bertz CT molecular complexity index is 678. The van der Waals surface area contributed by atoms with Crippen LogP contribution < -0.4 is 10.6 Å². The maximum atomic E-state index is 12.7. The molecule has 6 nitrogen and oxygen atoms in total. The molecule has 2 saturated heterocycles. The van der Waals surface area contributed by atoms with E-state index in [0.717, 1.165) is 38.6 Å². The smallest absolute Gasteiger partial charge is 0.243 e. The van der Waals surface area contributed by atoms with Crippen LogP contribution in [0.25, 0.3) is 0 Å². The van der Waals surface area contributed by atoms with Gasteiger partial charge in [0.05, 0.1) is 10.8 Å². The number of carbonyl (C=O) groups excluding carboxylic acids is 1. The minimum atomic E-state index is -3.48. The Morgan fingerprint density at radius 3 is 2.67 bits per heavy atom. The monoisotopic (exact) mass is 351 g/mol. The zero-order chi connectivity index (χ0) is 17.0. The summed E-state index contributed by atoms with van der Waals surface area (Å²) in [5.41, 5.74) is 0.545. The van der Waals surface area contributed by atoms with Gasteiger partial charge in [0.15, 0.2) is 0 Å². The number of hydrogen-bond acceptors (Lipinski definition) is 4. The minimum Gasteiger partial charge on any atom is -0.326 e. The zero-order valence-electron chi connectivity index (χ0n) is 13.8. The molecule has 0 saturated carbocycles. The molecule has 1 aromatic carbocycles. The highest BCUT2D eigenvalue weighted by Crippen LogP contribution is 2.23. The van der Waals surface area contributed by atoms with E-state index in [4.69, 9.17) is 0 Å². The van der Waals surface area contributed by atoms with E-state index in [2.05, 4.69) is 10.6 Å². The fraction of sp³-hybridized carbons (Fsp3) is 0.588. The van der Waals surface area contributed by atoms with Gasteiger partial charge in [-0.1, -0.05) is 12.5 Å². The molecule has 0 bridgehead atoms.